The van der Waals surface area contributed by atoms with Crippen LogP contribution < -0.4 is 9.47 Å². The van der Waals surface area contributed by atoms with Crippen molar-refractivity contribution in [2.75, 3.05) is 14.2 Å². The van der Waals surface area contributed by atoms with E-state index in [2.05, 4.69) is 37.6 Å². The fourth-order valence-electron chi connectivity index (χ4n) is 2.35. The maximum Gasteiger partial charge on any atom is 0.158 e. The Morgan fingerprint density at radius 2 is 1.81 bits per heavy atom. The molecule has 0 unspecified atom stereocenters. The van der Waals surface area contributed by atoms with Crippen molar-refractivity contribution in [2.24, 2.45) is 0 Å². The number of aromatic nitrogens is 2. The van der Waals surface area contributed by atoms with Gasteiger partial charge in [0, 0.05) is 6.54 Å². The molecule has 3 aromatic rings. The Bertz CT molecular complexity index is 766. The number of benzene rings is 2. The molecule has 0 fully saturated rings. The lowest BCUT2D eigenvalue weighted by molar-refractivity contribution is 0.414. The van der Waals surface area contributed by atoms with Crippen LogP contribution in [0.5, 0.6) is 11.5 Å². The van der Waals surface area contributed by atoms with Gasteiger partial charge in [-0.05, 0) is 45.8 Å². The molecule has 0 aliphatic heterocycles. The van der Waals surface area contributed by atoms with Gasteiger partial charge in [0.05, 0.1) is 30.5 Å². The van der Waals surface area contributed by atoms with Crippen molar-refractivity contribution in [3.63, 3.8) is 0 Å². The van der Waals surface area contributed by atoms with Gasteiger partial charge in [0.1, 0.15) is 11.3 Å². The van der Waals surface area contributed by atoms with E-state index >= 15 is 0 Å². The first kappa shape index (κ1) is 13.9. The lowest BCUT2D eigenvalue weighted by atomic mass is 10.2. The van der Waals surface area contributed by atoms with E-state index in [-0.39, 0.29) is 0 Å². The van der Waals surface area contributed by atoms with E-state index in [9.17, 15) is 0 Å². The maximum atomic E-state index is 5.50. The Morgan fingerprint density at radius 1 is 1.05 bits per heavy atom. The molecule has 0 radical (unpaired) electrons. The molecule has 0 saturated carbocycles. The Labute approximate surface area is 131 Å². The van der Waals surface area contributed by atoms with E-state index in [1.54, 1.807) is 14.2 Å². The van der Waals surface area contributed by atoms with Gasteiger partial charge < -0.3 is 14.0 Å². The monoisotopic (exact) mass is 346 g/mol. The second-order valence-electron chi connectivity index (χ2n) is 4.67. The number of halogens is 1. The molecule has 0 atom stereocenters. The first-order valence-corrected chi connectivity index (χ1v) is 7.32. The van der Waals surface area contributed by atoms with E-state index in [4.69, 9.17) is 9.47 Å². The van der Waals surface area contributed by atoms with Crippen molar-refractivity contribution in [1.82, 2.24) is 9.55 Å². The van der Waals surface area contributed by atoms with E-state index in [1.807, 2.05) is 30.6 Å². The molecule has 4 nitrogen and oxygen atoms in total. The quantitative estimate of drug-likeness (QED) is 0.719. The molecule has 0 spiro atoms. The van der Waals surface area contributed by atoms with E-state index in [1.165, 1.54) is 5.56 Å². The Kier molecular flexibility index (Phi) is 3.84. The highest BCUT2D eigenvalue weighted by Gasteiger charge is 2.12. The summed E-state index contributed by atoms with van der Waals surface area (Å²) < 4.78 is 13.7. The molecule has 1 heterocycles. The summed E-state index contributed by atoms with van der Waals surface area (Å²) in [5.41, 5.74) is 3.09. The molecule has 1 aromatic heterocycles. The van der Waals surface area contributed by atoms with E-state index in [0.717, 1.165) is 33.5 Å². The molecule has 0 bridgehead atoms. The topological polar surface area (TPSA) is 36.3 Å². The summed E-state index contributed by atoms with van der Waals surface area (Å²) >= 11 is 3.52. The SMILES string of the molecule is COc1ccc(Cn2cnc3ccc(Br)c(OC)c32)cc1. The van der Waals surface area contributed by atoms with Gasteiger partial charge in [0.15, 0.2) is 5.75 Å². The molecule has 5 heteroatoms. The van der Waals surface area contributed by atoms with Crippen molar-refractivity contribution in [3.05, 3.63) is 52.8 Å². The van der Waals surface area contributed by atoms with Gasteiger partial charge in [-0.25, -0.2) is 4.98 Å². The van der Waals surface area contributed by atoms with Gasteiger partial charge in [-0.1, -0.05) is 12.1 Å². The fourth-order valence-corrected chi connectivity index (χ4v) is 2.83. The van der Waals surface area contributed by atoms with Crippen molar-refractivity contribution in [2.45, 2.75) is 6.54 Å². The Balaban J connectivity index is 2.02. The van der Waals surface area contributed by atoms with Gasteiger partial charge in [0.25, 0.3) is 0 Å². The lowest BCUT2D eigenvalue weighted by Gasteiger charge is -2.10. The minimum atomic E-state index is 0.729. The number of hydrogen-bond acceptors (Lipinski definition) is 3. The predicted octanol–water partition coefficient (Wildman–Crippen LogP) is 3.86. The molecular formula is C16H15BrN2O2. The van der Waals surface area contributed by atoms with E-state index < -0.39 is 0 Å². The highest BCUT2D eigenvalue weighted by atomic mass is 79.9. The van der Waals surface area contributed by atoms with Crippen LogP contribution in [-0.2, 0) is 6.54 Å². The van der Waals surface area contributed by atoms with Gasteiger partial charge in [0.2, 0.25) is 0 Å². The summed E-state index contributed by atoms with van der Waals surface area (Å²) in [6.07, 6.45) is 1.84. The number of ether oxygens (including phenoxy) is 2. The van der Waals surface area contributed by atoms with Crippen molar-refractivity contribution in [1.29, 1.82) is 0 Å². The number of imidazole rings is 1. The Morgan fingerprint density at radius 3 is 2.48 bits per heavy atom. The summed E-state index contributed by atoms with van der Waals surface area (Å²) in [7, 11) is 3.34. The highest BCUT2D eigenvalue weighted by Crippen LogP contribution is 2.33. The molecule has 0 aliphatic carbocycles. The summed E-state index contributed by atoms with van der Waals surface area (Å²) in [5, 5.41) is 0. The van der Waals surface area contributed by atoms with Crippen molar-refractivity contribution in [3.8, 4) is 11.5 Å². The number of rotatable bonds is 4. The average Bonchev–Trinajstić information content (AvgIpc) is 2.91. The van der Waals surface area contributed by atoms with Gasteiger partial charge in [-0.15, -0.1) is 0 Å². The number of fused-ring (bicyclic) bond motifs is 1. The van der Waals surface area contributed by atoms with Crippen LogP contribution in [0.2, 0.25) is 0 Å². The fraction of sp³-hybridized carbons (Fsp3) is 0.188. The van der Waals surface area contributed by atoms with Crippen LogP contribution in [0.3, 0.4) is 0 Å². The average molecular weight is 347 g/mol. The molecule has 108 valence electrons. The third-order valence-corrected chi connectivity index (χ3v) is 4.03. The van der Waals surface area contributed by atoms with E-state index in [0.29, 0.717) is 0 Å². The maximum absolute atomic E-state index is 5.50. The van der Waals surface area contributed by atoms with Crippen LogP contribution in [0.4, 0.5) is 0 Å². The van der Waals surface area contributed by atoms with Crippen LogP contribution >= 0.6 is 15.9 Å². The van der Waals surface area contributed by atoms with Gasteiger partial charge >= 0.3 is 0 Å². The molecule has 21 heavy (non-hydrogen) atoms. The Hall–Kier alpha value is -2.01. The smallest absolute Gasteiger partial charge is 0.158 e. The van der Waals surface area contributed by atoms with Gasteiger partial charge in [-0.3, -0.25) is 0 Å². The van der Waals surface area contributed by atoms with Crippen LogP contribution in [0.15, 0.2) is 47.2 Å². The van der Waals surface area contributed by atoms with Crippen LogP contribution in [0.1, 0.15) is 5.56 Å². The normalized spacial score (nSPS) is 10.8. The lowest BCUT2D eigenvalue weighted by Crippen LogP contribution is -2.00. The van der Waals surface area contributed by atoms with Crippen LogP contribution in [0.25, 0.3) is 11.0 Å². The molecule has 2 aromatic carbocycles. The standard InChI is InChI=1S/C16H15BrN2O2/c1-20-12-5-3-11(4-6-12)9-19-10-18-14-8-7-13(17)16(21-2)15(14)19/h3-8,10H,9H2,1-2H3. The number of hydrogen-bond donors (Lipinski definition) is 0. The zero-order valence-electron chi connectivity index (χ0n) is 11.8. The first-order valence-electron chi connectivity index (χ1n) is 6.53. The predicted molar refractivity (Wildman–Crippen MR) is 86.1 cm³/mol. The molecule has 3 rings (SSSR count). The molecule has 0 N–H and O–H groups in total. The number of nitrogens with zero attached hydrogens (tertiary/aromatic N) is 2. The molecule has 0 aliphatic rings. The van der Waals surface area contributed by atoms with Crippen molar-refractivity contribution < 1.29 is 9.47 Å². The number of methoxy groups -OCH3 is 2. The highest BCUT2D eigenvalue weighted by molar-refractivity contribution is 9.10. The third kappa shape index (κ3) is 2.61. The largest absolute Gasteiger partial charge is 0.497 e. The summed E-state index contributed by atoms with van der Waals surface area (Å²) in [5.74, 6) is 1.66. The third-order valence-electron chi connectivity index (χ3n) is 3.40. The second kappa shape index (κ2) is 5.77. The zero-order valence-corrected chi connectivity index (χ0v) is 13.4. The first-order chi connectivity index (χ1) is 10.2. The van der Waals surface area contributed by atoms with Crippen LogP contribution in [-0.4, -0.2) is 23.8 Å². The van der Waals surface area contributed by atoms with Crippen molar-refractivity contribution >= 4 is 27.0 Å². The minimum absolute atomic E-state index is 0.729. The van der Waals surface area contributed by atoms with Gasteiger partial charge in [-0.2, -0.15) is 0 Å². The second-order valence-corrected chi connectivity index (χ2v) is 5.52. The summed E-state index contributed by atoms with van der Waals surface area (Å²) in [4.78, 5) is 4.44. The summed E-state index contributed by atoms with van der Waals surface area (Å²) in [6, 6.07) is 12.0. The molecule has 0 saturated heterocycles. The zero-order chi connectivity index (χ0) is 14.8. The summed E-state index contributed by atoms with van der Waals surface area (Å²) in [6.45, 7) is 0.729. The molecule has 0 amide bonds. The molecular weight excluding hydrogens is 332 g/mol. The minimum Gasteiger partial charge on any atom is -0.497 e. The van der Waals surface area contributed by atoms with Crippen LogP contribution in [0, 0.1) is 0 Å².